The van der Waals surface area contributed by atoms with Crippen molar-refractivity contribution in [2.45, 2.75) is 49.3 Å². The fourth-order valence-electron chi connectivity index (χ4n) is 4.72. The zero-order valence-electron chi connectivity index (χ0n) is 22.0. The number of imidazole rings is 1. The van der Waals surface area contributed by atoms with Crippen molar-refractivity contribution in [3.63, 3.8) is 0 Å². The Morgan fingerprint density at radius 1 is 1.10 bits per heavy atom. The Kier molecular flexibility index (Phi) is 7.54. The molecule has 5 rings (SSSR count). The van der Waals surface area contributed by atoms with Crippen LogP contribution in [0.1, 0.15) is 60.0 Å². The SMILES string of the molecule is CC(C)(C)c1ccc(N(C(=O)c2c[nH]cn2)C(C(=O)N[C@H]2c3ccccc3SC[C@@H]2O)c2cccnc2)cc1. The number of H-pyrrole nitrogens is 1. The Morgan fingerprint density at radius 3 is 2.54 bits per heavy atom. The molecule has 1 aliphatic heterocycles. The predicted molar refractivity (Wildman–Crippen MR) is 152 cm³/mol. The van der Waals surface area contributed by atoms with Crippen LogP contribution in [0.25, 0.3) is 0 Å². The number of carbonyl (C=O) groups excluding carboxylic acids is 2. The number of aromatic nitrogens is 3. The van der Waals surface area contributed by atoms with Crippen molar-refractivity contribution in [1.29, 1.82) is 0 Å². The van der Waals surface area contributed by atoms with Crippen molar-refractivity contribution in [3.8, 4) is 0 Å². The van der Waals surface area contributed by atoms with Crippen LogP contribution in [-0.4, -0.2) is 43.7 Å². The van der Waals surface area contributed by atoms with Gasteiger partial charge in [0, 0.05) is 40.5 Å². The third-order valence-corrected chi connectivity index (χ3v) is 7.99. The summed E-state index contributed by atoms with van der Waals surface area (Å²) in [5.41, 5.74) is 3.11. The van der Waals surface area contributed by atoms with Crippen molar-refractivity contribution in [3.05, 3.63) is 108 Å². The number of nitrogens with zero attached hydrogens (tertiary/aromatic N) is 3. The Balaban J connectivity index is 1.59. The molecule has 1 aliphatic rings. The Hall–Kier alpha value is -3.95. The first kappa shape index (κ1) is 26.6. The largest absolute Gasteiger partial charge is 0.390 e. The molecule has 3 N–H and O–H groups in total. The van der Waals surface area contributed by atoms with E-state index >= 15 is 0 Å². The van der Waals surface area contributed by atoms with Crippen LogP contribution in [0.15, 0.2) is 90.5 Å². The van der Waals surface area contributed by atoms with Crippen LogP contribution in [0.3, 0.4) is 0 Å². The molecule has 3 heterocycles. The third-order valence-electron chi connectivity index (χ3n) is 6.80. The van der Waals surface area contributed by atoms with Gasteiger partial charge >= 0.3 is 0 Å². The third kappa shape index (κ3) is 5.60. The first-order valence-electron chi connectivity index (χ1n) is 12.8. The van der Waals surface area contributed by atoms with Crippen LogP contribution in [0.2, 0.25) is 0 Å². The molecule has 0 radical (unpaired) electrons. The van der Waals surface area contributed by atoms with Gasteiger partial charge in [-0.3, -0.25) is 19.5 Å². The lowest BCUT2D eigenvalue weighted by Gasteiger charge is -2.35. The van der Waals surface area contributed by atoms with E-state index in [1.165, 1.54) is 17.4 Å². The molecular weight excluding hydrogens is 510 g/mol. The Bertz CT molecular complexity index is 1440. The van der Waals surface area contributed by atoms with Gasteiger partial charge in [0.2, 0.25) is 5.91 Å². The minimum atomic E-state index is -1.07. The number of aliphatic hydroxyl groups is 1. The molecule has 9 heteroatoms. The van der Waals surface area contributed by atoms with Crippen LogP contribution < -0.4 is 10.2 Å². The van der Waals surface area contributed by atoms with E-state index in [2.05, 4.69) is 41.0 Å². The second-order valence-electron chi connectivity index (χ2n) is 10.5. The number of fused-ring (bicyclic) bond motifs is 1. The first-order chi connectivity index (χ1) is 18.7. The molecule has 2 aromatic carbocycles. The van der Waals surface area contributed by atoms with Gasteiger partial charge in [-0.2, -0.15) is 0 Å². The van der Waals surface area contributed by atoms with E-state index in [0.717, 1.165) is 16.0 Å². The highest BCUT2D eigenvalue weighted by molar-refractivity contribution is 7.99. The number of hydrogen-bond acceptors (Lipinski definition) is 6. The van der Waals surface area contributed by atoms with Gasteiger partial charge < -0.3 is 15.4 Å². The smallest absolute Gasteiger partial charge is 0.279 e. The summed E-state index contributed by atoms with van der Waals surface area (Å²) in [4.78, 5) is 41.9. The average molecular weight is 542 g/mol. The minimum Gasteiger partial charge on any atom is -0.390 e. The van der Waals surface area contributed by atoms with Crippen LogP contribution in [0, 0.1) is 0 Å². The zero-order chi connectivity index (χ0) is 27.6. The van der Waals surface area contributed by atoms with E-state index in [1.54, 1.807) is 36.3 Å². The summed E-state index contributed by atoms with van der Waals surface area (Å²) in [6, 6.07) is 17.2. The van der Waals surface area contributed by atoms with Crippen LogP contribution in [0.4, 0.5) is 5.69 Å². The number of rotatable bonds is 6. The maximum Gasteiger partial charge on any atom is 0.279 e. The molecule has 2 amide bonds. The quantitative estimate of drug-likeness (QED) is 0.323. The molecule has 3 atom stereocenters. The highest BCUT2D eigenvalue weighted by Crippen LogP contribution is 2.37. The van der Waals surface area contributed by atoms with E-state index in [-0.39, 0.29) is 11.1 Å². The molecule has 39 heavy (non-hydrogen) atoms. The van der Waals surface area contributed by atoms with Gasteiger partial charge in [-0.15, -0.1) is 11.8 Å². The van der Waals surface area contributed by atoms with Gasteiger partial charge in [-0.05, 0) is 40.8 Å². The van der Waals surface area contributed by atoms with E-state index in [4.69, 9.17) is 0 Å². The normalized spacial score (nSPS) is 17.6. The summed E-state index contributed by atoms with van der Waals surface area (Å²) in [6.07, 6.45) is 5.36. The van der Waals surface area contributed by atoms with E-state index < -0.39 is 30.0 Å². The van der Waals surface area contributed by atoms with Gasteiger partial charge in [0.25, 0.3) is 5.91 Å². The first-order valence-corrected chi connectivity index (χ1v) is 13.8. The summed E-state index contributed by atoms with van der Waals surface area (Å²) >= 11 is 1.55. The molecule has 200 valence electrons. The lowest BCUT2D eigenvalue weighted by atomic mass is 9.87. The van der Waals surface area contributed by atoms with Gasteiger partial charge in [0.05, 0.1) is 18.5 Å². The fourth-order valence-corrected chi connectivity index (χ4v) is 5.79. The van der Waals surface area contributed by atoms with Crippen molar-refractivity contribution in [1.82, 2.24) is 20.3 Å². The molecule has 0 spiro atoms. The number of pyridine rings is 1. The van der Waals surface area contributed by atoms with E-state index in [1.807, 2.05) is 48.5 Å². The highest BCUT2D eigenvalue weighted by Gasteiger charge is 2.38. The summed E-state index contributed by atoms with van der Waals surface area (Å²) in [6.45, 7) is 6.35. The maximum atomic E-state index is 14.2. The molecule has 0 saturated heterocycles. The topological polar surface area (TPSA) is 111 Å². The molecule has 4 aromatic rings. The lowest BCUT2D eigenvalue weighted by molar-refractivity contribution is -0.124. The van der Waals surface area contributed by atoms with Gasteiger partial charge in [-0.1, -0.05) is 57.2 Å². The summed E-state index contributed by atoms with van der Waals surface area (Å²) < 4.78 is 0. The summed E-state index contributed by atoms with van der Waals surface area (Å²) in [5, 5.41) is 14.0. The standard InChI is InChI=1S/C30H31N5O3S/c1-30(2,3)20-10-12-21(13-11-20)35(29(38)23-16-32-18-33-23)27(19-7-6-14-31-15-19)28(37)34-26-22-8-4-5-9-25(22)39-17-24(26)36/h4-16,18,24,26-27,36H,17H2,1-3H3,(H,32,33)(H,34,37)/t24-,26-,27?/m0/s1. The molecule has 0 saturated carbocycles. The number of nitrogens with one attached hydrogen (secondary N) is 2. The minimum absolute atomic E-state index is 0.0851. The number of hydrogen-bond donors (Lipinski definition) is 3. The summed E-state index contributed by atoms with van der Waals surface area (Å²) in [5.74, 6) is -0.426. The van der Waals surface area contributed by atoms with Gasteiger partial charge in [0.1, 0.15) is 11.7 Å². The number of amides is 2. The summed E-state index contributed by atoms with van der Waals surface area (Å²) in [7, 11) is 0. The number of aliphatic hydroxyl groups excluding tert-OH is 1. The average Bonchev–Trinajstić information content (AvgIpc) is 3.48. The van der Waals surface area contributed by atoms with Gasteiger partial charge in [-0.25, -0.2) is 4.98 Å². The zero-order valence-corrected chi connectivity index (χ0v) is 22.9. The van der Waals surface area contributed by atoms with Crippen LogP contribution in [-0.2, 0) is 10.2 Å². The second kappa shape index (κ2) is 11.0. The van der Waals surface area contributed by atoms with Crippen molar-refractivity contribution in [2.75, 3.05) is 10.7 Å². The van der Waals surface area contributed by atoms with Crippen LogP contribution >= 0.6 is 11.8 Å². The number of thioether (sulfide) groups is 1. The Morgan fingerprint density at radius 2 is 1.87 bits per heavy atom. The fraction of sp³-hybridized carbons (Fsp3) is 0.267. The molecule has 0 aliphatic carbocycles. The van der Waals surface area contributed by atoms with Crippen molar-refractivity contribution in [2.24, 2.45) is 0 Å². The van der Waals surface area contributed by atoms with Crippen molar-refractivity contribution >= 4 is 29.3 Å². The number of anilines is 1. The van der Waals surface area contributed by atoms with E-state index in [9.17, 15) is 14.7 Å². The van der Waals surface area contributed by atoms with Gasteiger partial charge in [0.15, 0.2) is 0 Å². The maximum absolute atomic E-state index is 14.2. The molecule has 0 bridgehead atoms. The highest BCUT2D eigenvalue weighted by atomic mass is 32.2. The molecular formula is C30H31N5O3S. The lowest BCUT2D eigenvalue weighted by Crippen LogP contribution is -2.48. The predicted octanol–water partition coefficient (Wildman–Crippen LogP) is 4.81. The molecule has 0 fully saturated rings. The van der Waals surface area contributed by atoms with E-state index in [0.29, 0.717) is 17.0 Å². The van der Waals surface area contributed by atoms with Crippen molar-refractivity contribution < 1.29 is 14.7 Å². The number of benzene rings is 2. The second-order valence-corrected chi connectivity index (χ2v) is 11.6. The molecule has 2 aromatic heterocycles. The number of carbonyl (C=O) groups is 2. The Labute approximate surface area is 231 Å². The molecule has 1 unspecified atom stereocenters. The monoisotopic (exact) mass is 541 g/mol. The van der Waals surface area contributed by atoms with Crippen LogP contribution in [0.5, 0.6) is 0 Å². The number of aromatic amines is 1. The molecule has 8 nitrogen and oxygen atoms in total.